The number of rotatable bonds is 0. The van der Waals surface area contributed by atoms with Crippen molar-refractivity contribution in [3.63, 3.8) is 0 Å². The molecule has 0 aromatic heterocycles. The van der Waals surface area contributed by atoms with E-state index in [2.05, 4.69) is 0 Å². The number of carboxylic acid groups (broad SMARTS) is 2. The smallest absolute Gasteiger partial charge is 0 e. The first-order valence-electron chi connectivity index (χ1n) is 0.651. The standard InChI is InChI=1S/CH2O3.Al.Mg.Sn.2Zn.9H/c2-1(3)4;;;;;;;;;;;;;;/h(H2,2,3,4);;;;;;;;;;;;;;/q;;+2;;;;;;;;;;;2*-1. The second-order valence-corrected chi connectivity index (χ2v) is 0.283. The largest absolute Gasteiger partial charge is 0 e. The van der Waals surface area contributed by atoms with E-state index in [0.29, 0.717) is 0 Å². The zero-order valence-electron chi connectivity index (χ0n) is 5.92. The van der Waals surface area contributed by atoms with Gasteiger partial charge in [-0.2, -0.15) is 0 Å². The predicted octanol–water partition coefficient (Wildman–Crippen LogP) is -2.57. The molecule has 0 amide bonds. The molecule has 0 aromatic rings. The van der Waals surface area contributed by atoms with Crippen LogP contribution >= 0.6 is 0 Å². The Morgan fingerprint density at radius 1 is 1.22 bits per heavy atom. The van der Waals surface area contributed by atoms with Gasteiger partial charge >= 0.3 is 53.1 Å². The Kier molecular flexibility index (Phi) is 144. The molecule has 0 saturated heterocycles. The van der Waals surface area contributed by atoms with Crippen molar-refractivity contribution in [2.24, 2.45) is 0 Å². The Labute approximate surface area is 125 Å². The minimum atomic E-state index is -1.83. The first-order chi connectivity index (χ1) is 1.73. The Bertz CT molecular complexity index is 52.3. The SMILES string of the molecule is O=C(O)O.[AlH3].[H-].[H-].[Mg+2].[SnH4].[Zn].[Zn]. The molecule has 0 rings (SSSR count). The topological polar surface area (TPSA) is 57.5 Å². The van der Waals surface area contributed by atoms with Crippen molar-refractivity contribution in [3.05, 3.63) is 0 Å². The Hall–Kier alpha value is 2.61. The molecule has 0 aromatic carbocycles. The van der Waals surface area contributed by atoms with Gasteiger partial charge in [0, 0.05) is 39.0 Å². The maximum absolute atomic E-state index is 8.56. The van der Waals surface area contributed by atoms with Gasteiger partial charge in [-0.15, -0.1) is 0 Å². The molecule has 0 radical (unpaired) electrons. The fraction of sp³-hybridized carbons (Fsp3) is 0. The third-order valence-electron chi connectivity index (χ3n) is 0. The van der Waals surface area contributed by atoms with E-state index in [4.69, 9.17) is 15.0 Å². The van der Waals surface area contributed by atoms with Crippen LogP contribution in [0, 0.1) is 0 Å². The van der Waals surface area contributed by atoms with Crippen LogP contribution in [0.5, 0.6) is 0 Å². The van der Waals surface area contributed by atoms with Gasteiger partial charge < -0.3 is 13.1 Å². The van der Waals surface area contributed by atoms with Gasteiger partial charge in [0.2, 0.25) is 0 Å². The molecule has 8 heteroatoms. The van der Waals surface area contributed by atoms with Gasteiger partial charge in [0.25, 0.3) is 0 Å². The van der Waals surface area contributed by atoms with Gasteiger partial charge in [-0.3, -0.25) is 0 Å². The van der Waals surface area contributed by atoms with Crippen molar-refractivity contribution >= 4 is 70.5 Å². The molecular formula is CH11AlMgO3SnZn2. The zero-order valence-corrected chi connectivity index (χ0v) is 11.3. The molecule has 0 heterocycles. The van der Waals surface area contributed by atoms with Gasteiger partial charge in [-0.1, -0.05) is 0 Å². The molecule has 2 N–H and O–H groups in total. The van der Waals surface area contributed by atoms with E-state index < -0.39 is 6.16 Å². The van der Waals surface area contributed by atoms with E-state index in [9.17, 15) is 0 Å². The van der Waals surface area contributed by atoms with Crippen molar-refractivity contribution in [2.45, 2.75) is 0 Å². The summed E-state index contributed by atoms with van der Waals surface area (Å²) in [5.41, 5.74) is 0. The van der Waals surface area contributed by atoms with Crippen LogP contribution < -0.4 is 0 Å². The van der Waals surface area contributed by atoms with Crippen molar-refractivity contribution < 1.29 is 56.8 Å². The Morgan fingerprint density at radius 2 is 1.22 bits per heavy atom. The second kappa shape index (κ2) is 31.1. The van der Waals surface area contributed by atoms with E-state index in [1.165, 1.54) is 0 Å². The maximum Gasteiger partial charge on any atom is 0 e. The maximum atomic E-state index is 8.56. The average Bonchev–Trinajstić information content (AvgIpc) is 0.811. The van der Waals surface area contributed by atoms with Gasteiger partial charge in [0.15, 0.2) is 17.4 Å². The minimum Gasteiger partial charge on any atom is 0 e. The van der Waals surface area contributed by atoms with Crippen LogP contribution in [-0.4, -0.2) is 80.7 Å². The number of hydrogen-bond acceptors (Lipinski definition) is 1. The summed E-state index contributed by atoms with van der Waals surface area (Å²) in [5, 5.41) is 13.9. The van der Waals surface area contributed by atoms with Gasteiger partial charge in [-0.05, 0) is 0 Å². The Morgan fingerprint density at radius 3 is 1.22 bits per heavy atom. The zero-order chi connectivity index (χ0) is 3.58. The molecule has 0 saturated carbocycles. The molecule has 46 valence electrons. The van der Waals surface area contributed by atoms with E-state index in [0.717, 1.165) is 0 Å². The minimum absolute atomic E-state index is 0. The number of carbonyl (C=O) groups is 1. The van der Waals surface area contributed by atoms with Crippen LogP contribution in [-0.2, 0) is 39.0 Å². The van der Waals surface area contributed by atoms with Gasteiger partial charge in [-0.25, -0.2) is 4.79 Å². The molecule has 9 heavy (non-hydrogen) atoms. The first kappa shape index (κ1) is 41.5. The average molecular weight is 372 g/mol. The van der Waals surface area contributed by atoms with Crippen molar-refractivity contribution in [2.75, 3.05) is 0 Å². The van der Waals surface area contributed by atoms with Crippen LogP contribution in [0.1, 0.15) is 2.85 Å². The normalized spacial score (nSPS) is 2.67. The monoisotopic (exact) mass is 370 g/mol. The molecule has 0 fully saturated rings. The van der Waals surface area contributed by atoms with E-state index >= 15 is 0 Å². The Balaban J connectivity index is -0.00000000214. The summed E-state index contributed by atoms with van der Waals surface area (Å²) in [6, 6.07) is 0. The summed E-state index contributed by atoms with van der Waals surface area (Å²) in [6.45, 7) is 0. The molecule has 0 aliphatic carbocycles. The van der Waals surface area contributed by atoms with E-state index in [-0.39, 0.29) is 106 Å². The predicted molar refractivity (Wildman–Crippen MR) is 39.9 cm³/mol. The number of hydrogen-bond donors (Lipinski definition) is 2. The molecule has 0 atom stereocenters. The molecule has 3 nitrogen and oxygen atoms in total. The van der Waals surface area contributed by atoms with Crippen molar-refractivity contribution in [1.29, 1.82) is 0 Å². The first-order valence-corrected chi connectivity index (χ1v) is 0.651. The van der Waals surface area contributed by atoms with Crippen LogP contribution in [0.2, 0.25) is 0 Å². The molecule has 0 bridgehead atoms. The summed E-state index contributed by atoms with van der Waals surface area (Å²) < 4.78 is 0. The van der Waals surface area contributed by atoms with Crippen LogP contribution in [0.15, 0.2) is 0 Å². The van der Waals surface area contributed by atoms with Crippen LogP contribution in [0.4, 0.5) is 4.79 Å². The van der Waals surface area contributed by atoms with Crippen molar-refractivity contribution in [1.82, 2.24) is 0 Å². The summed E-state index contributed by atoms with van der Waals surface area (Å²) in [5.74, 6) is 0. The summed E-state index contributed by atoms with van der Waals surface area (Å²) >= 11 is 0. The summed E-state index contributed by atoms with van der Waals surface area (Å²) in [6.07, 6.45) is -1.83. The fourth-order valence-corrected chi connectivity index (χ4v) is 0. The molecule has 0 spiro atoms. The quantitative estimate of drug-likeness (QED) is 0.460. The molecule has 0 aliphatic rings. The van der Waals surface area contributed by atoms with Gasteiger partial charge in [0.1, 0.15) is 0 Å². The third-order valence-corrected chi connectivity index (χ3v) is 0. The van der Waals surface area contributed by atoms with Gasteiger partial charge in [0.05, 0.1) is 0 Å². The molecular weight excluding hydrogens is 361 g/mol. The fourth-order valence-electron chi connectivity index (χ4n) is 0. The molecule has 0 unspecified atom stereocenters. The summed E-state index contributed by atoms with van der Waals surface area (Å²) in [7, 11) is 0. The third kappa shape index (κ3) is 115. The molecule has 0 aliphatic heterocycles. The second-order valence-electron chi connectivity index (χ2n) is 0.283. The van der Waals surface area contributed by atoms with E-state index in [1.54, 1.807) is 0 Å². The van der Waals surface area contributed by atoms with Crippen LogP contribution in [0.3, 0.4) is 0 Å². The van der Waals surface area contributed by atoms with Crippen molar-refractivity contribution in [3.8, 4) is 0 Å². The van der Waals surface area contributed by atoms with Crippen LogP contribution in [0.25, 0.3) is 0 Å². The summed E-state index contributed by atoms with van der Waals surface area (Å²) in [4.78, 5) is 8.56. The van der Waals surface area contributed by atoms with E-state index in [1.807, 2.05) is 0 Å².